The van der Waals surface area contributed by atoms with Crippen molar-refractivity contribution in [2.75, 3.05) is 35.3 Å². The van der Waals surface area contributed by atoms with Crippen LogP contribution in [0.2, 0.25) is 0 Å². The summed E-state index contributed by atoms with van der Waals surface area (Å²) in [5.41, 5.74) is 0.770. The van der Waals surface area contributed by atoms with Gasteiger partial charge >= 0.3 is 5.97 Å². The average Bonchev–Trinajstić information content (AvgIpc) is 2.97. The molecule has 2 amide bonds. The minimum Gasteiger partial charge on any atom is -0.456 e. The van der Waals surface area contributed by atoms with Crippen LogP contribution in [0.1, 0.15) is 12.8 Å². The second-order valence-electron chi connectivity index (χ2n) is 6.38. The number of rotatable bonds is 6. The number of hydrogen-bond acceptors (Lipinski definition) is 7. The normalized spacial score (nSPS) is 20.8. The van der Waals surface area contributed by atoms with Gasteiger partial charge in [-0.15, -0.1) is 11.8 Å². The van der Waals surface area contributed by atoms with Crippen LogP contribution < -0.4 is 10.2 Å². The number of anilines is 1. The van der Waals surface area contributed by atoms with Crippen molar-refractivity contribution in [2.24, 2.45) is 0 Å². The first kappa shape index (κ1) is 19.7. The van der Waals surface area contributed by atoms with E-state index in [4.69, 9.17) is 4.74 Å². The number of thioether (sulfide) groups is 1. The van der Waals surface area contributed by atoms with E-state index in [9.17, 15) is 22.8 Å². The maximum atomic E-state index is 12.1. The number of fused-ring (bicyclic) bond motifs is 1. The molecule has 0 aromatic heterocycles. The van der Waals surface area contributed by atoms with Crippen LogP contribution >= 0.6 is 11.8 Å². The molecule has 8 nitrogen and oxygen atoms in total. The molecule has 1 N–H and O–H groups in total. The molecule has 0 bridgehead atoms. The Morgan fingerprint density at radius 2 is 2.07 bits per heavy atom. The molecule has 0 unspecified atom stereocenters. The first-order valence-electron chi connectivity index (χ1n) is 8.52. The summed E-state index contributed by atoms with van der Waals surface area (Å²) in [5.74, 6) is -0.901. The molecule has 146 valence electrons. The average molecular weight is 412 g/mol. The highest BCUT2D eigenvalue weighted by atomic mass is 32.2. The highest BCUT2D eigenvalue weighted by Crippen LogP contribution is 2.34. The second-order valence-corrected chi connectivity index (χ2v) is 9.63. The molecule has 2 aliphatic heterocycles. The van der Waals surface area contributed by atoms with E-state index >= 15 is 0 Å². The molecule has 2 heterocycles. The molecule has 0 saturated carbocycles. The molecule has 0 aliphatic carbocycles. The van der Waals surface area contributed by atoms with Gasteiger partial charge in [0.25, 0.3) is 5.91 Å². The van der Waals surface area contributed by atoms with Gasteiger partial charge in [0, 0.05) is 17.5 Å². The fraction of sp³-hybridized carbons (Fsp3) is 0.471. The number of esters is 1. The van der Waals surface area contributed by atoms with E-state index in [-0.39, 0.29) is 30.4 Å². The third-order valence-electron chi connectivity index (χ3n) is 4.31. The summed E-state index contributed by atoms with van der Waals surface area (Å²) in [6.07, 6.45) is 0.340. The Kier molecular flexibility index (Phi) is 6.05. The fourth-order valence-corrected chi connectivity index (χ4v) is 5.61. The van der Waals surface area contributed by atoms with Gasteiger partial charge in [0.1, 0.15) is 0 Å². The summed E-state index contributed by atoms with van der Waals surface area (Å²) < 4.78 is 27.7. The monoisotopic (exact) mass is 412 g/mol. The van der Waals surface area contributed by atoms with E-state index in [1.165, 1.54) is 11.8 Å². The lowest BCUT2D eigenvalue weighted by Gasteiger charge is -2.28. The van der Waals surface area contributed by atoms with Gasteiger partial charge in [-0.1, -0.05) is 12.1 Å². The number of sulfone groups is 1. The summed E-state index contributed by atoms with van der Waals surface area (Å²) in [5, 5.41) is 2.55. The lowest BCUT2D eigenvalue weighted by atomic mass is 10.2. The number of hydrogen-bond donors (Lipinski definition) is 1. The van der Waals surface area contributed by atoms with Gasteiger partial charge in [-0.3, -0.25) is 14.4 Å². The van der Waals surface area contributed by atoms with Gasteiger partial charge in [0.2, 0.25) is 5.91 Å². The Bertz CT molecular complexity index is 855. The highest BCUT2D eigenvalue weighted by molar-refractivity contribution is 8.00. The summed E-state index contributed by atoms with van der Waals surface area (Å²) >= 11 is 1.46. The van der Waals surface area contributed by atoms with Crippen LogP contribution in [0.15, 0.2) is 29.2 Å². The Balaban J connectivity index is 1.44. The van der Waals surface area contributed by atoms with Crippen LogP contribution in [-0.2, 0) is 29.0 Å². The van der Waals surface area contributed by atoms with Crippen molar-refractivity contribution in [2.45, 2.75) is 23.8 Å². The van der Waals surface area contributed by atoms with Gasteiger partial charge in [-0.2, -0.15) is 0 Å². The van der Waals surface area contributed by atoms with Crippen molar-refractivity contribution in [1.29, 1.82) is 0 Å². The topological polar surface area (TPSA) is 110 Å². The number of para-hydroxylation sites is 1. The maximum Gasteiger partial charge on any atom is 0.308 e. The van der Waals surface area contributed by atoms with Crippen molar-refractivity contribution >= 4 is 45.1 Å². The summed E-state index contributed by atoms with van der Waals surface area (Å²) in [6, 6.07) is 7.04. The standard InChI is InChI=1S/C17H20N2O6S2/c20-15(18-12-6-8-27(23,24)11-12)9-25-17(22)5-7-19-13-3-1-2-4-14(13)26-10-16(19)21/h1-4,12H,5-11H2,(H,18,20)/t12-/m1/s1. The van der Waals surface area contributed by atoms with Gasteiger partial charge in [-0.25, -0.2) is 8.42 Å². The van der Waals surface area contributed by atoms with Crippen molar-refractivity contribution in [1.82, 2.24) is 5.32 Å². The van der Waals surface area contributed by atoms with Crippen LogP contribution in [0.25, 0.3) is 0 Å². The summed E-state index contributed by atoms with van der Waals surface area (Å²) in [7, 11) is -3.08. The molecule has 10 heteroatoms. The van der Waals surface area contributed by atoms with Gasteiger partial charge in [-0.05, 0) is 18.6 Å². The number of ether oxygens (including phenoxy) is 1. The first-order chi connectivity index (χ1) is 12.8. The molecular weight excluding hydrogens is 392 g/mol. The summed E-state index contributed by atoms with van der Waals surface area (Å²) in [6.45, 7) is -0.284. The number of benzene rings is 1. The molecule has 1 aromatic carbocycles. The molecule has 2 aliphatic rings. The predicted octanol–water partition coefficient (Wildman–Crippen LogP) is 0.362. The quantitative estimate of drug-likeness (QED) is 0.672. The third kappa shape index (κ3) is 5.23. The van der Waals surface area contributed by atoms with Crippen molar-refractivity contribution in [3.63, 3.8) is 0 Å². The van der Waals surface area contributed by atoms with Gasteiger partial charge in [0.05, 0.1) is 29.4 Å². The molecule has 1 saturated heterocycles. The zero-order chi connectivity index (χ0) is 19.4. The Morgan fingerprint density at radius 1 is 1.30 bits per heavy atom. The van der Waals surface area contributed by atoms with Crippen molar-refractivity contribution in [3.8, 4) is 0 Å². The minimum absolute atomic E-state index is 0.0319. The largest absolute Gasteiger partial charge is 0.456 e. The van der Waals surface area contributed by atoms with E-state index in [1.54, 1.807) is 4.90 Å². The third-order valence-corrected chi connectivity index (χ3v) is 7.13. The SMILES string of the molecule is O=C(COC(=O)CCN1C(=O)CSc2ccccc21)N[C@@H]1CCS(=O)(=O)C1. The smallest absolute Gasteiger partial charge is 0.308 e. The summed E-state index contributed by atoms with van der Waals surface area (Å²) in [4.78, 5) is 38.3. The van der Waals surface area contributed by atoms with Crippen LogP contribution in [0.4, 0.5) is 5.69 Å². The second kappa shape index (κ2) is 8.30. The molecule has 3 rings (SSSR count). The molecule has 1 fully saturated rings. The molecule has 0 radical (unpaired) electrons. The zero-order valence-electron chi connectivity index (χ0n) is 14.5. The number of nitrogens with one attached hydrogen (secondary N) is 1. The number of nitrogens with zero attached hydrogens (tertiary/aromatic N) is 1. The molecule has 27 heavy (non-hydrogen) atoms. The lowest BCUT2D eigenvalue weighted by molar-refractivity contribution is -0.148. The zero-order valence-corrected chi connectivity index (χ0v) is 16.2. The lowest BCUT2D eigenvalue weighted by Crippen LogP contribution is -2.39. The number of amides is 2. The van der Waals surface area contributed by atoms with E-state index < -0.39 is 34.4 Å². The highest BCUT2D eigenvalue weighted by Gasteiger charge is 2.29. The van der Waals surface area contributed by atoms with E-state index in [0.29, 0.717) is 12.2 Å². The van der Waals surface area contributed by atoms with Crippen molar-refractivity contribution in [3.05, 3.63) is 24.3 Å². The number of carbonyl (C=O) groups is 3. The predicted molar refractivity (Wildman–Crippen MR) is 100 cm³/mol. The van der Waals surface area contributed by atoms with E-state index in [0.717, 1.165) is 10.6 Å². The minimum atomic E-state index is -3.08. The van der Waals surface area contributed by atoms with Crippen molar-refractivity contribution < 1.29 is 27.5 Å². The Morgan fingerprint density at radius 3 is 2.81 bits per heavy atom. The van der Waals surface area contributed by atoms with E-state index in [1.807, 2.05) is 24.3 Å². The fourth-order valence-electron chi connectivity index (χ4n) is 3.00. The van der Waals surface area contributed by atoms with Crippen LogP contribution in [0.5, 0.6) is 0 Å². The van der Waals surface area contributed by atoms with E-state index in [2.05, 4.69) is 5.32 Å². The Labute approximate surface area is 161 Å². The Hall–Kier alpha value is -2.07. The van der Waals surface area contributed by atoms with Crippen LogP contribution in [0.3, 0.4) is 0 Å². The molecular formula is C17H20N2O6S2. The molecule has 1 aromatic rings. The molecule has 1 atom stereocenters. The van der Waals surface area contributed by atoms with Crippen LogP contribution in [-0.4, -0.2) is 62.7 Å². The number of carbonyl (C=O) groups excluding carboxylic acids is 3. The first-order valence-corrected chi connectivity index (χ1v) is 11.3. The maximum absolute atomic E-state index is 12.1. The van der Waals surface area contributed by atoms with Gasteiger partial charge in [0.15, 0.2) is 16.4 Å². The van der Waals surface area contributed by atoms with Crippen LogP contribution in [0, 0.1) is 0 Å². The van der Waals surface area contributed by atoms with Gasteiger partial charge < -0.3 is 15.0 Å². The molecule has 0 spiro atoms.